The summed E-state index contributed by atoms with van der Waals surface area (Å²) in [7, 11) is 4.22. The Morgan fingerprint density at radius 2 is 1.75 bits per heavy atom. The van der Waals surface area contributed by atoms with Crippen LogP contribution in [0.4, 0.5) is 0 Å². The van der Waals surface area contributed by atoms with Crippen molar-refractivity contribution >= 4 is 23.7 Å². The first kappa shape index (κ1) is 27.4. The number of hydrogen-bond acceptors (Lipinski definition) is 8. The van der Waals surface area contributed by atoms with Gasteiger partial charge in [0.15, 0.2) is 0 Å². The summed E-state index contributed by atoms with van der Waals surface area (Å²) in [6, 6.07) is 5.22. The van der Waals surface area contributed by atoms with Crippen LogP contribution in [0, 0.1) is 5.92 Å². The zero-order valence-corrected chi connectivity index (χ0v) is 21.2. The molecule has 2 atom stereocenters. The van der Waals surface area contributed by atoms with Gasteiger partial charge in [0.25, 0.3) is 0 Å². The maximum atomic E-state index is 13.5. The predicted molar refractivity (Wildman–Crippen MR) is 130 cm³/mol. The van der Waals surface area contributed by atoms with Gasteiger partial charge in [0.2, 0.25) is 17.7 Å². The van der Waals surface area contributed by atoms with E-state index >= 15 is 0 Å². The van der Waals surface area contributed by atoms with Crippen molar-refractivity contribution in [3.8, 4) is 5.75 Å². The molecular weight excluding hydrogens is 468 g/mol. The van der Waals surface area contributed by atoms with Gasteiger partial charge in [-0.2, -0.15) is 0 Å². The molecule has 2 saturated heterocycles. The van der Waals surface area contributed by atoms with Crippen LogP contribution < -0.4 is 15.4 Å². The monoisotopic (exact) mass is 504 g/mol. The van der Waals surface area contributed by atoms with Crippen LogP contribution in [0.3, 0.4) is 0 Å². The molecular formula is C25H36N4O7. The molecule has 36 heavy (non-hydrogen) atoms. The van der Waals surface area contributed by atoms with Crippen LogP contribution >= 0.6 is 0 Å². The molecule has 0 aromatic heterocycles. The highest BCUT2D eigenvalue weighted by atomic mass is 16.5. The van der Waals surface area contributed by atoms with E-state index in [-0.39, 0.29) is 43.8 Å². The van der Waals surface area contributed by atoms with Gasteiger partial charge in [-0.25, -0.2) is 4.79 Å². The lowest BCUT2D eigenvalue weighted by Crippen LogP contribution is -2.64. The SMILES string of the molecule is COCC(=O)N1CCN(C(=O)C2CCNCC2)C[C@H]1C(=O)N[C@@H](Cc1ccc(OC)cc1)C(=O)OC. The first-order valence-electron chi connectivity index (χ1n) is 12.2. The number of rotatable bonds is 9. The topological polar surface area (TPSA) is 127 Å². The van der Waals surface area contributed by atoms with Crippen LogP contribution in [0.1, 0.15) is 18.4 Å². The lowest BCUT2D eigenvalue weighted by molar-refractivity contribution is -0.153. The largest absolute Gasteiger partial charge is 0.497 e. The number of piperazine rings is 1. The van der Waals surface area contributed by atoms with Crippen molar-refractivity contribution in [1.29, 1.82) is 0 Å². The molecule has 11 heteroatoms. The Bertz CT molecular complexity index is 917. The van der Waals surface area contributed by atoms with E-state index in [1.807, 2.05) is 0 Å². The molecule has 0 unspecified atom stereocenters. The van der Waals surface area contributed by atoms with Crippen molar-refractivity contribution in [2.75, 3.05) is 60.7 Å². The minimum atomic E-state index is -0.967. The van der Waals surface area contributed by atoms with E-state index in [9.17, 15) is 19.2 Å². The Kier molecular flexibility index (Phi) is 10.1. The van der Waals surface area contributed by atoms with E-state index in [0.29, 0.717) is 12.3 Å². The summed E-state index contributed by atoms with van der Waals surface area (Å²) in [4.78, 5) is 54.9. The molecule has 198 valence electrons. The normalized spacial score (nSPS) is 19.4. The summed E-state index contributed by atoms with van der Waals surface area (Å²) < 4.78 is 15.1. The van der Waals surface area contributed by atoms with Crippen LogP contribution in [-0.4, -0.2) is 106 Å². The second-order valence-corrected chi connectivity index (χ2v) is 8.98. The molecule has 0 spiro atoms. The van der Waals surface area contributed by atoms with Gasteiger partial charge < -0.3 is 34.6 Å². The molecule has 2 fully saturated rings. The van der Waals surface area contributed by atoms with Crippen molar-refractivity contribution in [2.24, 2.45) is 5.92 Å². The van der Waals surface area contributed by atoms with Crippen LogP contribution in [0.25, 0.3) is 0 Å². The zero-order valence-electron chi connectivity index (χ0n) is 21.2. The third-order valence-electron chi connectivity index (χ3n) is 6.67. The molecule has 3 amide bonds. The summed E-state index contributed by atoms with van der Waals surface area (Å²) >= 11 is 0. The van der Waals surface area contributed by atoms with E-state index in [0.717, 1.165) is 31.5 Å². The van der Waals surface area contributed by atoms with E-state index in [1.165, 1.54) is 19.1 Å². The maximum absolute atomic E-state index is 13.5. The maximum Gasteiger partial charge on any atom is 0.328 e. The molecule has 3 rings (SSSR count). The Morgan fingerprint density at radius 1 is 1.06 bits per heavy atom. The number of hydrogen-bond donors (Lipinski definition) is 2. The van der Waals surface area contributed by atoms with Crippen LogP contribution in [0.5, 0.6) is 5.75 Å². The summed E-state index contributed by atoms with van der Waals surface area (Å²) in [6.07, 6.45) is 1.68. The van der Waals surface area contributed by atoms with E-state index < -0.39 is 24.0 Å². The minimum absolute atomic E-state index is 0.00380. The number of carbonyl (C=O) groups excluding carboxylic acids is 4. The van der Waals surface area contributed by atoms with Crippen molar-refractivity contribution in [1.82, 2.24) is 20.4 Å². The van der Waals surface area contributed by atoms with Crippen molar-refractivity contribution in [3.63, 3.8) is 0 Å². The molecule has 2 N–H and O–H groups in total. The summed E-state index contributed by atoms with van der Waals surface area (Å²) in [5, 5.41) is 6.00. The highest BCUT2D eigenvalue weighted by molar-refractivity contribution is 5.92. The molecule has 0 saturated carbocycles. The van der Waals surface area contributed by atoms with Gasteiger partial charge >= 0.3 is 5.97 Å². The number of methoxy groups -OCH3 is 3. The van der Waals surface area contributed by atoms with Crippen molar-refractivity contribution < 1.29 is 33.4 Å². The Morgan fingerprint density at radius 3 is 2.36 bits per heavy atom. The Balaban J connectivity index is 1.76. The van der Waals surface area contributed by atoms with E-state index in [2.05, 4.69) is 10.6 Å². The number of amides is 3. The average molecular weight is 505 g/mol. The van der Waals surface area contributed by atoms with Gasteiger partial charge in [0, 0.05) is 32.5 Å². The fraction of sp³-hybridized carbons (Fsp3) is 0.600. The smallest absolute Gasteiger partial charge is 0.328 e. The number of piperidine rings is 1. The summed E-state index contributed by atoms with van der Waals surface area (Å²) in [5.41, 5.74) is 0.796. The van der Waals surface area contributed by atoms with E-state index in [1.54, 1.807) is 36.3 Å². The standard InChI is InChI=1S/C25H36N4O7/c1-34-16-22(30)29-13-12-28(24(32)18-8-10-26-11-9-18)15-21(29)23(31)27-20(25(33)36-3)14-17-4-6-19(35-2)7-5-17/h4-7,18,20-21,26H,8-16H2,1-3H3,(H,27,31)/t20-,21-/m0/s1. The molecule has 1 aromatic rings. The number of nitrogens with zero attached hydrogens (tertiary/aromatic N) is 2. The van der Waals surface area contributed by atoms with Gasteiger partial charge in [-0.3, -0.25) is 14.4 Å². The fourth-order valence-electron chi connectivity index (χ4n) is 4.64. The minimum Gasteiger partial charge on any atom is -0.497 e. The first-order valence-corrected chi connectivity index (χ1v) is 12.2. The number of esters is 1. The highest BCUT2D eigenvalue weighted by Gasteiger charge is 2.39. The van der Waals surface area contributed by atoms with Gasteiger partial charge in [0.1, 0.15) is 24.4 Å². The number of benzene rings is 1. The summed E-state index contributed by atoms with van der Waals surface area (Å²) in [5.74, 6) is -0.912. The number of carbonyl (C=O) groups is 4. The molecule has 2 aliphatic rings. The average Bonchev–Trinajstić information content (AvgIpc) is 2.92. The first-order chi connectivity index (χ1) is 17.4. The fourth-order valence-corrected chi connectivity index (χ4v) is 4.64. The lowest BCUT2D eigenvalue weighted by atomic mass is 9.95. The predicted octanol–water partition coefficient (Wildman–Crippen LogP) is -0.419. The van der Waals surface area contributed by atoms with Crippen LogP contribution in [0.15, 0.2) is 24.3 Å². The third-order valence-corrected chi connectivity index (χ3v) is 6.67. The molecule has 0 aliphatic carbocycles. The molecule has 11 nitrogen and oxygen atoms in total. The van der Waals surface area contributed by atoms with Gasteiger partial charge in [0.05, 0.1) is 20.8 Å². The van der Waals surface area contributed by atoms with Crippen molar-refractivity contribution in [3.05, 3.63) is 29.8 Å². The second-order valence-electron chi connectivity index (χ2n) is 8.98. The second kappa shape index (κ2) is 13.2. The van der Waals surface area contributed by atoms with Crippen LogP contribution in [-0.2, 0) is 35.1 Å². The quantitative estimate of drug-likeness (QED) is 0.435. The molecule has 1 aromatic carbocycles. The lowest BCUT2D eigenvalue weighted by Gasteiger charge is -2.42. The Hall–Kier alpha value is -3.18. The van der Waals surface area contributed by atoms with Crippen LogP contribution in [0.2, 0.25) is 0 Å². The van der Waals surface area contributed by atoms with Crippen molar-refractivity contribution in [2.45, 2.75) is 31.3 Å². The molecule has 2 aliphatic heterocycles. The zero-order chi connectivity index (χ0) is 26.1. The molecule has 0 bridgehead atoms. The highest BCUT2D eigenvalue weighted by Crippen LogP contribution is 2.20. The number of ether oxygens (including phenoxy) is 3. The third kappa shape index (κ3) is 6.94. The summed E-state index contributed by atoms with van der Waals surface area (Å²) in [6.45, 7) is 1.98. The number of nitrogens with one attached hydrogen (secondary N) is 2. The van der Waals surface area contributed by atoms with Gasteiger partial charge in [-0.1, -0.05) is 12.1 Å². The van der Waals surface area contributed by atoms with Gasteiger partial charge in [-0.15, -0.1) is 0 Å². The van der Waals surface area contributed by atoms with E-state index in [4.69, 9.17) is 14.2 Å². The van der Waals surface area contributed by atoms with Gasteiger partial charge in [-0.05, 0) is 43.6 Å². The molecule has 0 radical (unpaired) electrons. The molecule has 2 heterocycles. The Labute approximate surface area is 211 Å².